The summed E-state index contributed by atoms with van der Waals surface area (Å²) in [5, 5.41) is 0.254. The Morgan fingerprint density at radius 2 is 1.43 bits per heavy atom. The normalized spacial score (nSPS) is 22.0. The van der Waals surface area contributed by atoms with Gasteiger partial charge < -0.3 is 42.3 Å². The van der Waals surface area contributed by atoms with Crippen molar-refractivity contribution < 1.29 is 61.5 Å². The maximum Gasteiger partial charge on any atom is 0.303 e. The van der Waals surface area contributed by atoms with Crippen molar-refractivity contribution in [3.05, 3.63) is 52.4 Å². The van der Waals surface area contributed by atoms with Gasteiger partial charge in [-0.3, -0.25) is 24.0 Å². The molecule has 0 bridgehead atoms. The van der Waals surface area contributed by atoms with E-state index in [9.17, 15) is 24.0 Å². The van der Waals surface area contributed by atoms with Gasteiger partial charge in [-0.25, -0.2) is 0 Å². The zero-order valence-electron chi connectivity index (χ0n) is 25.7. The third-order valence-electron chi connectivity index (χ3n) is 7.07. The number of rotatable bonds is 8. The lowest BCUT2D eigenvalue weighted by atomic mass is 9.98. The van der Waals surface area contributed by atoms with Gasteiger partial charge in [-0.15, -0.1) is 0 Å². The van der Waals surface area contributed by atoms with Gasteiger partial charge in [0.1, 0.15) is 43.0 Å². The van der Waals surface area contributed by atoms with Crippen LogP contribution in [0.1, 0.15) is 33.5 Å². The van der Waals surface area contributed by atoms with Crippen LogP contribution in [0.15, 0.2) is 45.6 Å². The summed E-state index contributed by atoms with van der Waals surface area (Å²) in [7, 11) is 0. The van der Waals surface area contributed by atoms with E-state index in [1.807, 2.05) is 0 Å². The van der Waals surface area contributed by atoms with Crippen LogP contribution in [0.25, 0.3) is 22.1 Å². The molecule has 1 fully saturated rings. The number of ether oxygens (including phenoxy) is 8. The number of hydrogen-bond acceptors (Lipinski definition) is 14. The Hall–Kier alpha value is -5.11. The van der Waals surface area contributed by atoms with Crippen molar-refractivity contribution in [3.8, 4) is 28.4 Å². The second-order valence-electron chi connectivity index (χ2n) is 10.6. The summed E-state index contributed by atoms with van der Waals surface area (Å²) in [6.45, 7) is 6.62. The Bertz CT molecular complexity index is 1730. The zero-order chi connectivity index (χ0) is 33.1. The van der Waals surface area contributed by atoms with Crippen molar-refractivity contribution in [3.63, 3.8) is 0 Å². The average Bonchev–Trinajstić information content (AvgIpc) is 2.98. The summed E-state index contributed by atoms with van der Waals surface area (Å²) in [6.07, 6.45) is -6.81. The Balaban J connectivity index is 1.50. The molecule has 1 aromatic heterocycles. The van der Waals surface area contributed by atoms with Crippen LogP contribution >= 0.6 is 0 Å². The summed E-state index contributed by atoms with van der Waals surface area (Å²) in [5.74, 6) is -1.38. The van der Waals surface area contributed by atoms with Gasteiger partial charge in [0, 0.05) is 33.8 Å². The van der Waals surface area contributed by atoms with E-state index in [1.54, 1.807) is 25.1 Å². The van der Waals surface area contributed by atoms with E-state index in [1.165, 1.54) is 25.1 Å². The fraction of sp³-hybridized carbons (Fsp3) is 0.406. The third-order valence-corrected chi connectivity index (χ3v) is 7.07. The summed E-state index contributed by atoms with van der Waals surface area (Å²) in [5.41, 5.74) is 0.828. The standard InChI is InChI=1S/C32H32O14/c1-15-27(20-6-9-23-25(12-20)39-11-10-38-23)28(37)22-8-7-21(13-24(22)41-15)45-32-31(44-19(5)36)30(43-18(4)35)29(42-17(3)34)26(46-32)14-40-16(2)33/h6-9,12-13,26,29-32H,10-11,14H2,1-5H3/t26-,29-,30-,31+,32+/m0/s1. The predicted molar refractivity (Wildman–Crippen MR) is 156 cm³/mol. The molecule has 2 aromatic carbocycles. The minimum absolute atomic E-state index is 0.128. The van der Waals surface area contributed by atoms with Crippen molar-refractivity contribution >= 4 is 34.8 Å². The van der Waals surface area contributed by atoms with Gasteiger partial charge in [-0.05, 0) is 36.8 Å². The van der Waals surface area contributed by atoms with Gasteiger partial charge in [-0.2, -0.15) is 0 Å². The predicted octanol–water partition coefficient (Wildman–Crippen LogP) is 3.00. The topological polar surface area (TPSA) is 172 Å². The number of aryl methyl sites for hydroxylation is 1. The minimum atomic E-state index is -1.46. The Morgan fingerprint density at radius 1 is 0.783 bits per heavy atom. The highest BCUT2D eigenvalue weighted by molar-refractivity contribution is 5.84. The second-order valence-corrected chi connectivity index (χ2v) is 10.6. The maximum atomic E-state index is 13.6. The molecule has 14 heteroatoms. The highest BCUT2D eigenvalue weighted by atomic mass is 16.7. The largest absolute Gasteiger partial charge is 0.486 e. The van der Waals surface area contributed by atoms with E-state index in [-0.39, 0.29) is 22.1 Å². The maximum absolute atomic E-state index is 13.6. The number of hydrogen-bond donors (Lipinski definition) is 0. The lowest BCUT2D eigenvalue weighted by Gasteiger charge is -2.43. The summed E-state index contributed by atoms with van der Waals surface area (Å²) >= 11 is 0. The van der Waals surface area contributed by atoms with Crippen LogP contribution in [0.4, 0.5) is 0 Å². The molecule has 0 amide bonds. The molecular weight excluding hydrogens is 608 g/mol. The summed E-state index contributed by atoms with van der Waals surface area (Å²) in [6, 6.07) is 9.64. The minimum Gasteiger partial charge on any atom is -0.486 e. The summed E-state index contributed by atoms with van der Waals surface area (Å²) in [4.78, 5) is 61.4. The molecule has 0 radical (unpaired) electrons. The van der Waals surface area contributed by atoms with Crippen molar-refractivity contribution in [1.82, 2.24) is 0 Å². The zero-order valence-corrected chi connectivity index (χ0v) is 25.7. The van der Waals surface area contributed by atoms with Crippen molar-refractivity contribution in [2.45, 2.75) is 65.3 Å². The summed E-state index contributed by atoms with van der Waals surface area (Å²) < 4.78 is 50.7. The Morgan fingerprint density at radius 3 is 2.11 bits per heavy atom. The van der Waals surface area contributed by atoms with Crippen molar-refractivity contribution in [2.75, 3.05) is 19.8 Å². The van der Waals surface area contributed by atoms with Crippen LogP contribution in [0, 0.1) is 6.92 Å². The SMILES string of the molecule is CC(=O)OC[C@@H]1O[C@@H](Oc2ccc3c(=O)c(-c4ccc5c(c4)OCCO5)c(C)oc3c2)[C@H](OC(C)=O)[C@@H](OC(C)=O)[C@H]1OC(C)=O. The molecular formula is C32H32O14. The van der Waals surface area contributed by atoms with Gasteiger partial charge in [-0.1, -0.05) is 6.07 Å². The smallest absolute Gasteiger partial charge is 0.303 e. The quantitative estimate of drug-likeness (QED) is 0.260. The number of esters is 4. The lowest BCUT2D eigenvalue weighted by Crippen LogP contribution is -2.63. The highest BCUT2D eigenvalue weighted by Crippen LogP contribution is 2.36. The van der Waals surface area contributed by atoms with E-state index in [2.05, 4.69) is 0 Å². The highest BCUT2D eigenvalue weighted by Gasteiger charge is 2.53. The first-order valence-corrected chi connectivity index (χ1v) is 14.4. The van der Waals surface area contributed by atoms with Crippen LogP contribution in [0.2, 0.25) is 0 Å². The van der Waals surface area contributed by atoms with Gasteiger partial charge in [0.05, 0.1) is 10.9 Å². The molecule has 2 aliphatic heterocycles. The monoisotopic (exact) mass is 640 g/mol. The number of benzene rings is 2. The molecule has 5 atom stereocenters. The second kappa shape index (κ2) is 13.5. The number of carbonyl (C=O) groups is 4. The molecule has 5 rings (SSSR count). The fourth-order valence-corrected chi connectivity index (χ4v) is 5.31. The molecule has 1 saturated heterocycles. The first-order chi connectivity index (χ1) is 21.9. The van der Waals surface area contributed by atoms with Crippen LogP contribution in [0.3, 0.4) is 0 Å². The van der Waals surface area contributed by atoms with E-state index >= 15 is 0 Å². The Kier molecular flexibility index (Phi) is 9.46. The van der Waals surface area contributed by atoms with Crippen LogP contribution < -0.4 is 19.6 Å². The lowest BCUT2D eigenvalue weighted by molar-refractivity contribution is -0.288. The molecule has 46 heavy (non-hydrogen) atoms. The van der Waals surface area contributed by atoms with Gasteiger partial charge in [0.2, 0.25) is 17.8 Å². The van der Waals surface area contributed by atoms with E-state index in [0.29, 0.717) is 41.6 Å². The van der Waals surface area contributed by atoms with Crippen molar-refractivity contribution in [1.29, 1.82) is 0 Å². The Labute approximate surface area is 262 Å². The van der Waals surface area contributed by atoms with E-state index in [4.69, 9.17) is 42.3 Å². The average molecular weight is 641 g/mol. The van der Waals surface area contributed by atoms with E-state index < -0.39 is 61.2 Å². The van der Waals surface area contributed by atoms with E-state index in [0.717, 1.165) is 20.8 Å². The molecule has 0 spiro atoms. The molecule has 244 valence electrons. The molecule has 3 heterocycles. The fourth-order valence-electron chi connectivity index (χ4n) is 5.31. The van der Waals surface area contributed by atoms with Gasteiger partial charge in [0.15, 0.2) is 23.7 Å². The molecule has 0 saturated carbocycles. The van der Waals surface area contributed by atoms with Gasteiger partial charge in [0.25, 0.3) is 0 Å². The molecule has 2 aliphatic rings. The van der Waals surface area contributed by atoms with Crippen LogP contribution in [-0.4, -0.2) is 74.4 Å². The number of fused-ring (bicyclic) bond motifs is 2. The van der Waals surface area contributed by atoms with Crippen LogP contribution in [0.5, 0.6) is 17.2 Å². The molecule has 0 N–H and O–H groups in total. The molecule has 0 unspecified atom stereocenters. The molecule has 14 nitrogen and oxygen atoms in total. The number of carbonyl (C=O) groups excluding carboxylic acids is 4. The molecule has 3 aromatic rings. The first kappa shape index (κ1) is 32.3. The van der Waals surface area contributed by atoms with Gasteiger partial charge >= 0.3 is 23.9 Å². The van der Waals surface area contributed by atoms with Crippen molar-refractivity contribution in [2.24, 2.45) is 0 Å². The molecule has 0 aliphatic carbocycles. The first-order valence-electron chi connectivity index (χ1n) is 14.4. The van der Waals surface area contributed by atoms with Crippen LogP contribution in [-0.2, 0) is 42.9 Å². The third kappa shape index (κ3) is 7.07.